The summed E-state index contributed by atoms with van der Waals surface area (Å²) in [7, 11) is 0. The lowest BCUT2D eigenvalue weighted by Crippen LogP contribution is -1.96. The van der Waals surface area contributed by atoms with Crippen molar-refractivity contribution in [3.8, 4) is 0 Å². The maximum atomic E-state index is 12.8. The smallest absolute Gasteiger partial charge is 0.126 e. The van der Waals surface area contributed by atoms with Gasteiger partial charge in [-0.3, -0.25) is 0 Å². The lowest BCUT2D eigenvalue weighted by molar-refractivity contribution is 0.582. The molecule has 0 aliphatic rings. The van der Waals surface area contributed by atoms with Crippen molar-refractivity contribution in [1.82, 2.24) is 0 Å². The van der Waals surface area contributed by atoms with Crippen LogP contribution < -0.4 is 5.73 Å². The zero-order valence-corrected chi connectivity index (χ0v) is 8.06. The van der Waals surface area contributed by atoms with Gasteiger partial charge in [0.25, 0.3) is 0 Å². The Hall–Kier alpha value is -1.22. The minimum absolute atomic E-state index is 0.537. The van der Waals surface area contributed by atoms with E-state index in [0.29, 0.717) is 18.5 Å². The van der Waals surface area contributed by atoms with Gasteiger partial charge in [0.2, 0.25) is 0 Å². The highest BCUT2D eigenvalue weighted by molar-refractivity contribution is 5.63. The van der Waals surface area contributed by atoms with Crippen molar-refractivity contribution >= 4 is 5.57 Å². The first-order valence-corrected chi connectivity index (χ1v) is 4.47. The highest BCUT2D eigenvalue weighted by Gasteiger charge is 2.01. The Balaban J connectivity index is 2.95. The largest absolute Gasteiger partial charge is 0.330 e. The van der Waals surface area contributed by atoms with Crippen LogP contribution in [0.3, 0.4) is 0 Å². The van der Waals surface area contributed by atoms with E-state index in [1.165, 1.54) is 12.1 Å². The van der Waals surface area contributed by atoms with E-state index >= 15 is 0 Å². The van der Waals surface area contributed by atoms with Gasteiger partial charge in [0.05, 0.1) is 0 Å². The summed E-state index contributed by atoms with van der Waals surface area (Å²) in [6.45, 7) is 2.35. The van der Waals surface area contributed by atoms with Gasteiger partial charge in [0.1, 0.15) is 11.6 Å². The molecule has 1 rings (SSSR count). The third-order valence-corrected chi connectivity index (χ3v) is 1.94. The molecule has 0 saturated carbocycles. The molecular weight excluding hydrogens is 184 g/mol. The van der Waals surface area contributed by atoms with Crippen LogP contribution >= 0.6 is 0 Å². The Morgan fingerprint density at radius 3 is 2.36 bits per heavy atom. The summed E-state index contributed by atoms with van der Waals surface area (Å²) in [5.41, 5.74) is 6.73. The Labute approximate surface area is 82.2 Å². The average Bonchev–Trinajstić information content (AvgIpc) is 2.12. The van der Waals surface area contributed by atoms with Crippen LogP contribution in [0.2, 0.25) is 0 Å². The van der Waals surface area contributed by atoms with Crippen molar-refractivity contribution in [2.75, 3.05) is 6.54 Å². The lowest BCUT2D eigenvalue weighted by atomic mass is 10.1. The Morgan fingerprint density at radius 1 is 1.29 bits per heavy atom. The molecule has 0 amide bonds. The molecule has 0 bridgehead atoms. The molecule has 1 aromatic rings. The van der Waals surface area contributed by atoms with Crippen molar-refractivity contribution in [2.24, 2.45) is 5.73 Å². The monoisotopic (exact) mass is 197 g/mol. The van der Waals surface area contributed by atoms with E-state index in [-0.39, 0.29) is 0 Å². The highest BCUT2D eigenvalue weighted by Crippen LogP contribution is 2.17. The molecule has 0 aliphatic heterocycles. The Morgan fingerprint density at radius 2 is 1.86 bits per heavy atom. The fourth-order valence-electron chi connectivity index (χ4n) is 1.20. The third kappa shape index (κ3) is 2.92. The zero-order valence-electron chi connectivity index (χ0n) is 8.06. The quantitative estimate of drug-likeness (QED) is 0.792. The van der Waals surface area contributed by atoms with Crippen LogP contribution in [0, 0.1) is 11.6 Å². The molecule has 14 heavy (non-hydrogen) atoms. The van der Waals surface area contributed by atoms with Gasteiger partial charge in [0, 0.05) is 6.07 Å². The maximum absolute atomic E-state index is 12.8. The second-order valence-corrected chi connectivity index (χ2v) is 3.12. The van der Waals surface area contributed by atoms with Crippen molar-refractivity contribution < 1.29 is 8.78 Å². The number of halogens is 2. The minimum Gasteiger partial charge on any atom is -0.330 e. The van der Waals surface area contributed by atoms with E-state index in [4.69, 9.17) is 5.73 Å². The minimum atomic E-state index is -0.555. The predicted octanol–water partition coefficient (Wildman–Crippen LogP) is 2.72. The predicted molar refractivity (Wildman–Crippen MR) is 53.7 cm³/mol. The van der Waals surface area contributed by atoms with E-state index in [2.05, 4.69) is 0 Å². The van der Waals surface area contributed by atoms with Crippen LogP contribution in [-0.2, 0) is 0 Å². The van der Waals surface area contributed by atoms with Crippen LogP contribution in [0.5, 0.6) is 0 Å². The van der Waals surface area contributed by atoms with Gasteiger partial charge in [0.15, 0.2) is 0 Å². The van der Waals surface area contributed by atoms with Crippen molar-refractivity contribution in [3.05, 3.63) is 41.5 Å². The number of hydrogen-bond acceptors (Lipinski definition) is 1. The molecule has 0 radical (unpaired) electrons. The summed E-state index contributed by atoms with van der Waals surface area (Å²) < 4.78 is 25.6. The zero-order chi connectivity index (χ0) is 10.6. The maximum Gasteiger partial charge on any atom is 0.126 e. The van der Waals surface area contributed by atoms with Crippen LogP contribution in [0.4, 0.5) is 8.78 Å². The third-order valence-electron chi connectivity index (χ3n) is 1.94. The van der Waals surface area contributed by atoms with Crippen LogP contribution in [0.25, 0.3) is 5.57 Å². The van der Waals surface area contributed by atoms with E-state index in [9.17, 15) is 8.78 Å². The van der Waals surface area contributed by atoms with E-state index in [1.54, 1.807) is 0 Å². The van der Waals surface area contributed by atoms with Crippen LogP contribution in [-0.4, -0.2) is 6.54 Å². The molecule has 0 heterocycles. The highest BCUT2D eigenvalue weighted by atomic mass is 19.1. The SMILES string of the molecule is C/C(=C\CCN)c1cc(F)cc(F)c1. The summed E-state index contributed by atoms with van der Waals surface area (Å²) >= 11 is 0. The summed E-state index contributed by atoms with van der Waals surface area (Å²) in [5, 5.41) is 0. The first-order valence-electron chi connectivity index (χ1n) is 4.47. The van der Waals surface area contributed by atoms with Crippen LogP contribution in [0.15, 0.2) is 24.3 Å². The molecule has 1 nitrogen and oxygen atoms in total. The molecule has 76 valence electrons. The molecule has 0 fully saturated rings. The molecule has 0 unspecified atom stereocenters. The second kappa shape index (κ2) is 4.86. The van der Waals surface area contributed by atoms with Crippen LogP contribution in [0.1, 0.15) is 18.9 Å². The first kappa shape index (κ1) is 10.9. The summed E-state index contributed by atoms with van der Waals surface area (Å²) in [5.74, 6) is -1.11. The molecule has 0 atom stereocenters. The van der Waals surface area contributed by atoms with Gasteiger partial charge in [-0.1, -0.05) is 6.08 Å². The van der Waals surface area contributed by atoms with E-state index in [0.717, 1.165) is 11.6 Å². The van der Waals surface area contributed by atoms with Gasteiger partial charge in [-0.2, -0.15) is 0 Å². The molecule has 0 aliphatic carbocycles. The number of hydrogen-bond donors (Lipinski definition) is 1. The van der Waals surface area contributed by atoms with E-state index < -0.39 is 11.6 Å². The van der Waals surface area contributed by atoms with Crippen molar-refractivity contribution in [2.45, 2.75) is 13.3 Å². The molecule has 0 aromatic heterocycles. The van der Waals surface area contributed by atoms with Gasteiger partial charge in [-0.25, -0.2) is 8.78 Å². The fraction of sp³-hybridized carbons (Fsp3) is 0.273. The first-order chi connectivity index (χ1) is 6.63. The molecule has 2 N–H and O–H groups in total. The van der Waals surface area contributed by atoms with Crippen molar-refractivity contribution in [1.29, 1.82) is 0 Å². The summed E-state index contributed by atoms with van der Waals surface area (Å²) in [4.78, 5) is 0. The molecule has 3 heteroatoms. The summed E-state index contributed by atoms with van der Waals surface area (Å²) in [6, 6.07) is 3.48. The number of rotatable bonds is 3. The molecular formula is C11H13F2N. The Kier molecular flexibility index (Phi) is 3.77. The average molecular weight is 197 g/mol. The van der Waals surface area contributed by atoms with Gasteiger partial charge in [-0.15, -0.1) is 0 Å². The molecule has 0 saturated heterocycles. The van der Waals surface area contributed by atoms with Crippen molar-refractivity contribution in [3.63, 3.8) is 0 Å². The van der Waals surface area contributed by atoms with E-state index in [1.807, 2.05) is 13.0 Å². The fourth-order valence-corrected chi connectivity index (χ4v) is 1.20. The van der Waals surface area contributed by atoms with Gasteiger partial charge < -0.3 is 5.73 Å². The topological polar surface area (TPSA) is 26.0 Å². The molecule has 0 spiro atoms. The molecule has 1 aromatic carbocycles. The number of allylic oxidation sites excluding steroid dienone is 1. The summed E-state index contributed by atoms with van der Waals surface area (Å²) in [6.07, 6.45) is 2.58. The second-order valence-electron chi connectivity index (χ2n) is 3.12. The lowest BCUT2D eigenvalue weighted by Gasteiger charge is -2.02. The number of benzene rings is 1. The standard InChI is InChI=1S/C11H13F2N/c1-8(3-2-4-14)9-5-10(12)7-11(13)6-9/h3,5-7H,2,4,14H2,1H3/b8-3+. The number of nitrogens with two attached hydrogens (primary N) is 1. The van der Waals surface area contributed by atoms with Gasteiger partial charge >= 0.3 is 0 Å². The van der Waals surface area contributed by atoms with Gasteiger partial charge in [-0.05, 0) is 43.2 Å². The normalized spacial score (nSPS) is 11.9. The Bertz CT molecular complexity index is 325.